The minimum Gasteiger partial charge on any atom is -0.241 e. The van der Waals surface area contributed by atoms with E-state index in [9.17, 15) is 0 Å². The fourth-order valence-corrected chi connectivity index (χ4v) is 3.18. The molecule has 3 aromatic rings. The standard InChI is InChI=1S/C15H17N5S/c1-3-4-5-11-6-8-12(9-7-11)15-16-10(2)13(21-15)14-17-19-20-18-14/h6-9H,3-5H2,1-2H3,(H,17,18,19,20). The fourth-order valence-electron chi connectivity index (χ4n) is 2.18. The summed E-state index contributed by atoms with van der Waals surface area (Å²) in [5.41, 5.74) is 3.46. The number of aryl methyl sites for hydroxylation is 2. The number of hydrogen-bond donors (Lipinski definition) is 1. The molecule has 21 heavy (non-hydrogen) atoms. The van der Waals surface area contributed by atoms with Gasteiger partial charge < -0.3 is 0 Å². The van der Waals surface area contributed by atoms with E-state index in [0.29, 0.717) is 5.82 Å². The van der Waals surface area contributed by atoms with Crippen molar-refractivity contribution in [3.8, 4) is 21.3 Å². The van der Waals surface area contributed by atoms with Crippen LogP contribution < -0.4 is 0 Å². The van der Waals surface area contributed by atoms with Crippen molar-refractivity contribution in [3.05, 3.63) is 35.5 Å². The maximum absolute atomic E-state index is 4.63. The molecule has 1 aromatic carbocycles. The van der Waals surface area contributed by atoms with Crippen molar-refractivity contribution in [2.24, 2.45) is 0 Å². The van der Waals surface area contributed by atoms with Crippen LogP contribution in [0.1, 0.15) is 31.0 Å². The lowest BCUT2D eigenvalue weighted by Gasteiger charge is -2.01. The van der Waals surface area contributed by atoms with Gasteiger partial charge >= 0.3 is 0 Å². The summed E-state index contributed by atoms with van der Waals surface area (Å²) in [4.78, 5) is 5.59. The molecule has 3 rings (SSSR count). The van der Waals surface area contributed by atoms with E-state index < -0.39 is 0 Å². The quantitative estimate of drug-likeness (QED) is 0.781. The predicted molar refractivity (Wildman–Crippen MR) is 84.1 cm³/mol. The van der Waals surface area contributed by atoms with Crippen LogP contribution in [0.15, 0.2) is 24.3 Å². The molecule has 0 amide bonds. The van der Waals surface area contributed by atoms with Gasteiger partial charge in [-0.1, -0.05) is 37.6 Å². The smallest absolute Gasteiger partial charge is 0.216 e. The van der Waals surface area contributed by atoms with Crippen molar-refractivity contribution in [2.75, 3.05) is 0 Å². The molecule has 0 saturated carbocycles. The molecule has 2 aromatic heterocycles. The number of benzene rings is 1. The van der Waals surface area contributed by atoms with E-state index >= 15 is 0 Å². The molecule has 0 aliphatic rings. The molecule has 0 bridgehead atoms. The van der Waals surface area contributed by atoms with Crippen molar-refractivity contribution in [1.82, 2.24) is 25.6 Å². The first kappa shape index (κ1) is 13.9. The molecule has 0 saturated heterocycles. The molecular formula is C15H17N5S. The second-order valence-electron chi connectivity index (χ2n) is 4.97. The summed E-state index contributed by atoms with van der Waals surface area (Å²) in [6, 6.07) is 8.66. The normalized spacial score (nSPS) is 11.0. The number of nitrogens with one attached hydrogen (secondary N) is 1. The van der Waals surface area contributed by atoms with Crippen LogP contribution in [-0.2, 0) is 6.42 Å². The van der Waals surface area contributed by atoms with Gasteiger partial charge in [0.1, 0.15) is 5.01 Å². The number of H-pyrrole nitrogens is 1. The van der Waals surface area contributed by atoms with Crippen molar-refractivity contribution >= 4 is 11.3 Å². The summed E-state index contributed by atoms with van der Waals surface area (Å²) in [6.07, 6.45) is 3.60. The minimum atomic E-state index is 0.607. The molecule has 0 aliphatic carbocycles. The Balaban J connectivity index is 1.86. The highest BCUT2D eigenvalue weighted by atomic mass is 32.1. The summed E-state index contributed by atoms with van der Waals surface area (Å²) in [7, 11) is 0. The molecule has 0 aliphatic heterocycles. The van der Waals surface area contributed by atoms with Crippen molar-refractivity contribution < 1.29 is 0 Å². The first-order valence-electron chi connectivity index (χ1n) is 7.08. The van der Waals surface area contributed by atoms with Crippen LogP contribution in [0.2, 0.25) is 0 Å². The SMILES string of the molecule is CCCCc1ccc(-c2nc(C)c(-c3nn[nH]n3)s2)cc1. The molecule has 0 fully saturated rings. The third-order valence-corrected chi connectivity index (χ3v) is 4.57. The third kappa shape index (κ3) is 3.00. The van der Waals surface area contributed by atoms with Gasteiger partial charge in [-0.3, -0.25) is 0 Å². The summed E-state index contributed by atoms with van der Waals surface area (Å²) in [5, 5.41) is 15.1. The number of aromatic nitrogens is 5. The van der Waals surface area contributed by atoms with Gasteiger partial charge in [0.25, 0.3) is 0 Å². The van der Waals surface area contributed by atoms with Crippen LogP contribution in [-0.4, -0.2) is 25.6 Å². The number of unbranched alkanes of at least 4 members (excludes halogenated alkanes) is 1. The molecule has 0 radical (unpaired) electrons. The zero-order valence-corrected chi connectivity index (χ0v) is 12.9. The molecule has 5 nitrogen and oxygen atoms in total. The molecule has 0 unspecified atom stereocenters. The lowest BCUT2D eigenvalue weighted by atomic mass is 10.1. The zero-order valence-electron chi connectivity index (χ0n) is 12.1. The number of thiazole rings is 1. The highest BCUT2D eigenvalue weighted by Crippen LogP contribution is 2.33. The first-order valence-corrected chi connectivity index (χ1v) is 7.90. The molecule has 6 heteroatoms. The molecule has 108 valence electrons. The monoisotopic (exact) mass is 299 g/mol. The van der Waals surface area contributed by atoms with E-state index in [1.165, 1.54) is 18.4 Å². The van der Waals surface area contributed by atoms with Crippen molar-refractivity contribution in [2.45, 2.75) is 33.1 Å². The molecular weight excluding hydrogens is 282 g/mol. The minimum absolute atomic E-state index is 0.607. The second-order valence-corrected chi connectivity index (χ2v) is 5.97. The maximum Gasteiger partial charge on any atom is 0.216 e. The molecule has 0 atom stereocenters. The van der Waals surface area contributed by atoms with Gasteiger partial charge in [-0.05, 0) is 30.5 Å². The van der Waals surface area contributed by atoms with Gasteiger partial charge in [0.05, 0.1) is 10.6 Å². The Morgan fingerprint density at radius 1 is 1.19 bits per heavy atom. The lowest BCUT2D eigenvalue weighted by molar-refractivity contribution is 0.795. The molecule has 1 N–H and O–H groups in total. The van der Waals surface area contributed by atoms with Crippen LogP contribution in [0.4, 0.5) is 0 Å². The number of rotatable bonds is 5. The number of aromatic amines is 1. The van der Waals surface area contributed by atoms with Gasteiger partial charge in [-0.15, -0.1) is 21.5 Å². The average Bonchev–Trinajstić information content (AvgIpc) is 3.15. The van der Waals surface area contributed by atoms with Crippen LogP contribution >= 0.6 is 11.3 Å². The average molecular weight is 299 g/mol. The van der Waals surface area contributed by atoms with Gasteiger partial charge in [0, 0.05) is 5.56 Å². The van der Waals surface area contributed by atoms with Crippen LogP contribution in [0.5, 0.6) is 0 Å². The van der Waals surface area contributed by atoms with E-state index in [1.807, 2.05) is 6.92 Å². The highest BCUT2D eigenvalue weighted by molar-refractivity contribution is 7.18. The maximum atomic E-state index is 4.63. The lowest BCUT2D eigenvalue weighted by Crippen LogP contribution is -1.84. The Labute approximate surface area is 127 Å². The Hall–Kier alpha value is -2.08. The summed E-state index contributed by atoms with van der Waals surface area (Å²) < 4.78 is 0. The van der Waals surface area contributed by atoms with Crippen LogP contribution in [0.25, 0.3) is 21.3 Å². The van der Waals surface area contributed by atoms with Gasteiger partial charge in [-0.2, -0.15) is 5.21 Å². The van der Waals surface area contributed by atoms with Crippen LogP contribution in [0, 0.1) is 6.92 Å². The van der Waals surface area contributed by atoms with Crippen LogP contribution in [0.3, 0.4) is 0 Å². The van der Waals surface area contributed by atoms with E-state index in [-0.39, 0.29) is 0 Å². The van der Waals surface area contributed by atoms with Crippen molar-refractivity contribution in [3.63, 3.8) is 0 Å². The Bertz CT molecular complexity index is 700. The summed E-state index contributed by atoms with van der Waals surface area (Å²) in [6.45, 7) is 4.19. The molecule has 2 heterocycles. The zero-order chi connectivity index (χ0) is 14.7. The Morgan fingerprint density at radius 3 is 2.67 bits per heavy atom. The highest BCUT2D eigenvalue weighted by Gasteiger charge is 2.14. The van der Waals surface area contributed by atoms with Crippen molar-refractivity contribution in [1.29, 1.82) is 0 Å². The number of tetrazole rings is 1. The number of hydrogen-bond acceptors (Lipinski definition) is 5. The summed E-state index contributed by atoms with van der Waals surface area (Å²) in [5.74, 6) is 0.607. The Kier molecular flexibility index (Phi) is 4.06. The summed E-state index contributed by atoms with van der Waals surface area (Å²) >= 11 is 1.60. The first-order chi connectivity index (χ1) is 10.3. The van der Waals surface area contributed by atoms with E-state index in [1.54, 1.807) is 11.3 Å². The second kappa shape index (κ2) is 6.13. The van der Waals surface area contributed by atoms with E-state index in [0.717, 1.165) is 27.6 Å². The predicted octanol–water partition coefficient (Wildman–Crippen LogP) is 3.64. The van der Waals surface area contributed by atoms with Gasteiger partial charge in [-0.25, -0.2) is 4.98 Å². The fraction of sp³-hybridized carbons (Fsp3) is 0.333. The van der Waals surface area contributed by atoms with Gasteiger partial charge in [0.15, 0.2) is 0 Å². The van der Waals surface area contributed by atoms with E-state index in [4.69, 9.17) is 0 Å². The number of nitrogens with zero attached hydrogens (tertiary/aromatic N) is 4. The van der Waals surface area contributed by atoms with E-state index in [2.05, 4.69) is 56.8 Å². The molecule has 0 spiro atoms. The topological polar surface area (TPSA) is 67.3 Å². The van der Waals surface area contributed by atoms with Gasteiger partial charge in [0.2, 0.25) is 5.82 Å². The largest absolute Gasteiger partial charge is 0.241 e. The Morgan fingerprint density at radius 2 is 2.00 bits per heavy atom. The third-order valence-electron chi connectivity index (χ3n) is 3.36.